The molecule has 0 spiro atoms. The van der Waals surface area contributed by atoms with Crippen molar-refractivity contribution in [1.29, 1.82) is 0 Å². The number of hydrogen-bond donors (Lipinski definition) is 1. The molecule has 104 valence electrons. The smallest absolute Gasteiger partial charge is 0.261 e. The fourth-order valence-electron chi connectivity index (χ4n) is 1.72. The van der Waals surface area contributed by atoms with Crippen molar-refractivity contribution >= 4 is 33.3 Å². The molecule has 0 radical (unpaired) electrons. The maximum Gasteiger partial charge on any atom is 0.261 e. The predicted molar refractivity (Wildman–Crippen MR) is 82.1 cm³/mol. The molecule has 0 aliphatic rings. The number of rotatable bonds is 3. The monoisotopic (exact) mass is 335 g/mol. The summed E-state index contributed by atoms with van der Waals surface area (Å²) in [5, 5.41) is 0. The first-order valence-electron chi connectivity index (χ1n) is 5.86. The van der Waals surface area contributed by atoms with Gasteiger partial charge in [0.1, 0.15) is 11.6 Å². The minimum absolute atomic E-state index is 0.207. The lowest BCUT2D eigenvalue weighted by molar-refractivity contribution is 0.0993. The first-order valence-corrected chi connectivity index (χ1v) is 6.65. The Kier molecular flexibility index (Phi) is 4.24. The van der Waals surface area contributed by atoms with Crippen LogP contribution in [0.3, 0.4) is 0 Å². The van der Waals surface area contributed by atoms with Crippen molar-refractivity contribution in [2.24, 2.45) is 0 Å². The van der Waals surface area contributed by atoms with E-state index in [1.54, 1.807) is 50.7 Å². The predicted octanol–water partition coefficient (Wildman–Crippen LogP) is 2.71. The highest BCUT2D eigenvalue weighted by molar-refractivity contribution is 9.10. The summed E-state index contributed by atoms with van der Waals surface area (Å²) >= 11 is 3.28. The first-order chi connectivity index (χ1) is 9.52. The number of pyridine rings is 1. The van der Waals surface area contributed by atoms with Crippen LogP contribution in [0.5, 0.6) is 5.75 Å². The number of nitrogen functional groups attached to an aromatic ring is 1. The number of ether oxygens (including phenoxy) is 1. The second kappa shape index (κ2) is 5.92. The number of hydrogen-bond acceptors (Lipinski definition) is 4. The van der Waals surface area contributed by atoms with Crippen LogP contribution in [0.1, 0.15) is 10.4 Å². The van der Waals surface area contributed by atoms with Gasteiger partial charge in [-0.05, 0) is 46.3 Å². The fraction of sp³-hybridized carbons (Fsp3) is 0.143. The van der Waals surface area contributed by atoms with E-state index < -0.39 is 0 Å². The van der Waals surface area contributed by atoms with Crippen LogP contribution in [0.2, 0.25) is 0 Å². The number of carbonyl (C=O) groups excluding carboxylic acids is 1. The Morgan fingerprint density at radius 2 is 2.00 bits per heavy atom. The van der Waals surface area contributed by atoms with Crippen LogP contribution in [0, 0.1) is 0 Å². The second-order valence-corrected chi connectivity index (χ2v) is 5.06. The van der Waals surface area contributed by atoms with Gasteiger partial charge in [0.2, 0.25) is 0 Å². The van der Waals surface area contributed by atoms with E-state index in [0.717, 1.165) is 11.4 Å². The number of benzene rings is 1. The van der Waals surface area contributed by atoms with Gasteiger partial charge in [0.25, 0.3) is 5.91 Å². The van der Waals surface area contributed by atoms with Crippen LogP contribution in [0.15, 0.2) is 41.0 Å². The molecule has 1 aromatic heterocycles. The van der Waals surface area contributed by atoms with Gasteiger partial charge in [0.15, 0.2) is 0 Å². The van der Waals surface area contributed by atoms with Crippen molar-refractivity contribution in [3.63, 3.8) is 0 Å². The lowest BCUT2D eigenvalue weighted by Crippen LogP contribution is -2.27. The molecule has 5 nitrogen and oxygen atoms in total. The SMILES string of the molecule is COc1ccc(N(C)C(=O)c2cc(Br)cnc2N)cc1. The molecule has 0 saturated heterocycles. The summed E-state index contributed by atoms with van der Waals surface area (Å²) in [5.41, 5.74) is 6.86. The number of nitrogens with two attached hydrogens (primary N) is 1. The Hall–Kier alpha value is -2.08. The van der Waals surface area contributed by atoms with E-state index in [9.17, 15) is 4.79 Å². The highest BCUT2D eigenvalue weighted by atomic mass is 79.9. The lowest BCUT2D eigenvalue weighted by atomic mass is 10.2. The van der Waals surface area contributed by atoms with E-state index in [0.29, 0.717) is 10.0 Å². The van der Waals surface area contributed by atoms with Crippen molar-refractivity contribution in [2.75, 3.05) is 24.8 Å². The number of nitrogens with zero attached hydrogens (tertiary/aromatic N) is 2. The van der Waals surface area contributed by atoms with Crippen LogP contribution in [0.4, 0.5) is 11.5 Å². The van der Waals surface area contributed by atoms with Crippen molar-refractivity contribution in [3.05, 3.63) is 46.6 Å². The number of anilines is 2. The molecule has 0 fully saturated rings. The molecule has 0 saturated carbocycles. The van der Waals surface area contributed by atoms with Gasteiger partial charge in [0.05, 0.1) is 12.7 Å². The van der Waals surface area contributed by atoms with Crippen LogP contribution in [-0.2, 0) is 0 Å². The maximum absolute atomic E-state index is 12.4. The molecule has 1 aromatic carbocycles. The third-order valence-corrected chi connectivity index (χ3v) is 3.31. The van der Waals surface area contributed by atoms with E-state index >= 15 is 0 Å². The van der Waals surface area contributed by atoms with E-state index in [4.69, 9.17) is 10.5 Å². The second-order valence-electron chi connectivity index (χ2n) is 4.15. The van der Waals surface area contributed by atoms with Crippen molar-refractivity contribution in [2.45, 2.75) is 0 Å². The van der Waals surface area contributed by atoms with Crippen LogP contribution in [-0.4, -0.2) is 25.0 Å². The van der Waals surface area contributed by atoms with Gasteiger partial charge in [-0.1, -0.05) is 0 Å². The number of carbonyl (C=O) groups is 1. The van der Waals surface area contributed by atoms with E-state index in [2.05, 4.69) is 20.9 Å². The standard InChI is InChI=1S/C14H14BrN3O2/c1-18(10-3-5-11(20-2)6-4-10)14(19)12-7-9(15)8-17-13(12)16/h3-8H,1-2H3,(H2,16,17). The van der Waals surface area contributed by atoms with E-state index in [1.807, 2.05) is 0 Å². The zero-order chi connectivity index (χ0) is 14.7. The largest absolute Gasteiger partial charge is 0.497 e. The van der Waals surface area contributed by atoms with Crippen molar-refractivity contribution < 1.29 is 9.53 Å². The topological polar surface area (TPSA) is 68.5 Å². The van der Waals surface area contributed by atoms with Crippen LogP contribution in [0.25, 0.3) is 0 Å². The Bertz CT molecular complexity index is 629. The summed E-state index contributed by atoms with van der Waals surface area (Å²) in [5.74, 6) is 0.721. The Morgan fingerprint density at radius 3 is 2.60 bits per heavy atom. The first kappa shape index (κ1) is 14.3. The van der Waals surface area contributed by atoms with Gasteiger partial charge < -0.3 is 15.4 Å². The summed E-state index contributed by atoms with van der Waals surface area (Å²) in [4.78, 5) is 17.9. The molecule has 2 rings (SSSR count). The Morgan fingerprint density at radius 1 is 1.35 bits per heavy atom. The zero-order valence-corrected chi connectivity index (χ0v) is 12.7. The molecule has 1 amide bonds. The summed E-state index contributed by atoms with van der Waals surface area (Å²) in [6.07, 6.45) is 1.56. The summed E-state index contributed by atoms with van der Waals surface area (Å²) in [6.45, 7) is 0. The highest BCUT2D eigenvalue weighted by Gasteiger charge is 2.17. The molecule has 0 aliphatic carbocycles. The van der Waals surface area contributed by atoms with Crippen LogP contribution < -0.4 is 15.4 Å². The van der Waals surface area contributed by atoms with E-state index in [1.165, 1.54) is 4.90 Å². The molecule has 0 bridgehead atoms. The lowest BCUT2D eigenvalue weighted by Gasteiger charge is -2.18. The molecule has 2 N–H and O–H groups in total. The molecule has 0 aliphatic heterocycles. The van der Waals surface area contributed by atoms with Crippen LogP contribution >= 0.6 is 15.9 Å². The molecular weight excluding hydrogens is 322 g/mol. The van der Waals surface area contributed by atoms with Gasteiger partial charge >= 0.3 is 0 Å². The maximum atomic E-state index is 12.4. The zero-order valence-electron chi connectivity index (χ0n) is 11.1. The van der Waals surface area contributed by atoms with Gasteiger partial charge in [-0.15, -0.1) is 0 Å². The molecule has 2 aromatic rings. The summed E-state index contributed by atoms with van der Waals surface area (Å²) in [6, 6.07) is 8.85. The number of aromatic nitrogens is 1. The normalized spacial score (nSPS) is 10.2. The van der Waals surface area contributed by atoms with Crippen molar-refractivity contribution in [3.8, 4) is 5.75 Å². The molecule has 1 heterocycles. The quantitative estimate of drug-likeness (QED) is 0.936. The number of halogens is 1. The molecule has 0 unspecified atom stereocenters. The van der Waals surface area contributed by atoms with E-state index in [-0.39, 0.29) is 11.7 Å². The molecule has 0 atom stereocenters. The minimum atomic E-state index is -0.221. The van der Waals surface area contributed by atoms with Gasteiger partial charge in [0, 0.05) is 23.4 Å². The fourth-order valence-corrected chi connectivity index (χ4v) is 2.06. The third-order valence-electron chi connectivity index (χ3n) is 2.88. The molecule has 20 heavy (non-hydrogen) atoms. The Labute approximate surface area is 125 Å². The highest BCUT2D eigenvalue weighted by Crippen LogP contribution is 2.22. The molecular formula is C14H14BrN3O2. The number of methoxy groups -OCH3 is 1. The van der Waals surface area contributed by atoms with Gasteiger partial charge in [-0.25, -0.2) is 4.98 Å². The number of amides is 1. The molecule has 6 heteroatoms. The summed E-state index contributed by atoms with van der Waals surface area (Å²) < 4.78 is 5.80. The third kappa shape index (κ3) is 2.91. The summed E-state index contributed by atoms with van der Waals surface area (Å²) in [7, 11) is 3.28. The minimum Gasteiger partial charge on any atom is -0.497 e. The Balaban J connectivity index is 2.29. The average Bonchev–Trinajstić information content (AvgIpc) is 2.48. The van der Waals surface area contributed by atoms with Gasteiger partial charge in [-0.2, -0.15) is 0 Å². The van der Waals surface area contributed by atoms with Crippen molar-refractivity contribution in [1.82, 2.24) is 4.98 Å². The average molecular weight is 336 g/mol. The van der Waals surface area contributed by atoms with Gasteiger partial charge in [-0.3, -0.25) is 4.79 Å².